The van der Waals surface area contributed by atoms with Gasteiger partial charge in [0.25, 0.3) is 0 Å². The molecule has 12 heavy (non-hydrogen) atoms. The summed E-state index contributed by atoms with van der Waals surface area (Å²) >= 11 is 0. The molecule has 1 aliphatic rings. The molecule has 1 aliphatic heterocycles. The molecule has 1 heterocycles. The van der Waals surface area contributed by atoms with Crippen molar-refractivity contribution in [1.82, 2.24) is 10.2 Å². The SMILES string of the molecule is CC(C)(C)NC(=O)CN1CCC1. The molecule has 0 aromatic heterocycles. The Labute approximate surface area is 74.1 Å². The molecule has 0 radical (unpaired) electrons. The van der Waals surface area contributed by atoms with Crippen molar-refractivity contribution in [3.05, 3.63) is 0 Å². The van der Waals surface area contributed by atoms with Crippen molar-refractivity contribution < 1.29 is 4.79 Å². The van der Waals surface area contributed by atoms with Crippen LogP contribution in [0.1, 0.15) is 27.2 Å². The number of rotatable bonds is 2. The maximum Gasteiger partial charge on any atom is 0.234 e. The topological polar surface area (TPSA) is 32.3 Å². The van der Waals surface area contributed by atoms with E-state index >= 15 is 0 Å². The molecule has 0 spiro atoms. The Balaban J connectivity index is 2.19. The van der Waals surface area contributed by atoms with Crippen LogP contribution in [0.25, 0.3) is 0 Å². The third-order valence-electron chi connectivity index (χ3n) is 1.83. The quantitative estimate of drug-likeness (QED) is 0.658. The van der Waals surface area contributed by atoms with Gasteiger partial charge in [0, 0.05) is 5.54 Å². The summed E-state index contributed by atoms with van der Waals surface area (Å²) in [6.45, 7) is 8.73. The number of nitrogens with one attached hydrogen (secondary N) is 1. The Morgan fingerprint density at radius 2 is 2.00 bits per heavy atom. The van der Waals surface area contributed by atoms with Gasteiger partial charge in [0.1, 0.15) is 0 Å². The summed E-state index contributed by atoms with van der Waals surface area (Å²) in [7, 11) is 0. The summed E-state index contributed by atoms with van der Waals surface area (Å²) in [6, 6.07) is 0. The van der Waals surface area contributed by atoms with Crippen molar-refractivity contribution in [3.63, 3.8) is 0 Å². The number of hydrogen-bond acceptors (Lipinski definition) is 2. The van der Waals surface area contributed by atoms with Crippen LogP contribution in [-0.2, 0) is 4.79 Å². The molecule has 0 bridgehead atoms. The average molecular weight is 170 g/mol. The van der Waals surface area contributed by atoms with Crippen molar-refractivity contribution in [3.8, 4) is 0 Å². The molecule has 1 amide bonds. The number of nitrogens with zero attached hydrogens (tertiary/aromatic N) is 1. The lowest BCUT2D eigenvalue weighted by atomic mass is 10.1. The normalized spacial score (nSPS) is 18.6. The molecular formula is C9H18N2O. The number of amides is 1. The molecule has 0 saturated carbocycles. The van der Waals surface area contributed by atoms with Gasteiger partial charge in [-0.15, -0.1) is 0 Å². The summed E-state index contributed by atoms with van der Waals surface area (Å²) in [4.78, 5) is 13.5. The van der Waals surface area contributed by atoms with Gasteiger partial charge in [0.2, 0.25) is 5.91 Å². The second-order valence-electron chi connectivity index (χ2n) is 4.43. The lowest BCUT2D eigenvalue weighted by Gasteiger charge is -2.31. The Hall–Kier alpha value is -0.570. The third-order valence-corrected chi connectivity index (χ3v) is 1.83. The molecule has 1 fully saturated rings. The van der Waals surface area contributed by atoms with Crippen molar-refractivity contribution in [2.75, 3.05) is 19.6 Å². The Bertz CT molecular complexity index is 168. The lowest BCUT2D eigenvalue weighted by molar-refractivity contribution is -0.124. The maximum atomic E-state index is 11.3. The van der Waals surface area contributed by atoms with E-state index in [9.17, 15) is 4.79 Å². The van der Waals surface area contributed by atoms with Crippen LogP contribution in [0.15, 0.2) is 0 Å². The van der Waals surface area contributed by atoms with Crippen LogP contribution >= 0.6 is 0 Å². The molecule has 1 saturated heterocycles. The molecule has 0 aromatic carbocycles. The Kier molecular flexibility index (Phi) is 2.73. The molecule has 0 unspecified atom stereocenters. The highest BCUT2D eigenvalue weighted by Crippen LogP contribution is 2.05. The van der Waals surface area contributed by atoms with Crippen molar-refractivity contribution in [1.29, 1.82) is 0 Å². The number of hydrogen-bond donors (Lipinski definition) is 1. The van der Waals surface area contributed by atoms with Gasteiger partial charge >= 0.3 is 0 Å². The summed E-state index contributed by atoms with van der Waals surface area (Å²) < 4.78 is 0. The third kappa shape index (κ3) is 3.22. The molecular weight excluding hydrogens is 152 g/mol. The van der Waals surface area contributed by atoms with Crippen LogP contribution in [0.5, 0.6) is 0 Å². The monoisotopic (exact) mass is 170 g/mol. The van der Waals surface area contributed by atoms with E-state index in [1.807, 2.05) is 20.8 Å². The van der Waals surface area contributed by atoms with Gasteiger partial charge in [-0.05, 0) is 40.3 Å². The highest BCUT2D eigenvalue weighted by Gasteiger charge is 2.19. The maximum absolute atomic E-state index is 11.3. The molecule has 70 valence electrons. The Morgan fingerprint density at radius 3 is 2.33 bits per heavy atom. The van der Waals surface area contributed by atoms with Gasteiger partial charge in [0.15, 0.2) is 0 Å². The smallest absolute Gasteiger partial charge is 0.234 e. The number of likely N-dealkylation sites (tertiary alicyclic amines) is 1. The largest absolute Gasteiger partial charge is 0.350 e. The van der Waals surface area contributed by atoms with E-state index in [0.29, 0.717) is 6.54 Å². The molecule has 1 N–H and O–H groups in total. The van der Waals surface area contributed by atoms with Crippen molar-refractivity contribution >= 4 is 5.91 Å². The average Bonchev–Trinajstić information content (AvgIpc) is 1.74. The van der Waals surface area contributed by atoms with Crippen molar-refractivity contribution in [2.24, 2.45) is 0 Å². The second-order valence-corrected chi connectivity index (χ2v) is 4.43. The zero-order valence-electron chi connectivity index (χ0n) is 8.18. The van der Waals surface area contributed by atoms with Crippen LogP contribution in [0, 0.1) is 0 Å². The van der Waals surface area contributed by atoms with E-state index in [1.165, 1.54) is 6.42 Å². The van der Waals surface area contributed by atoms with Crippen LogP contribution in [-0.4, -0.2) is 36.0 Å². The van der Waals surface area contributed by atoms with E-state index in [0.717, 1.165) is 13.1 Å². The Morgan fingerprint density at radius 1 is 1.42 bits per heavy atom. The highest BCUT2D eigenvalue weighted by atomic mass is 16.2. The predicted molar refractivity (Wildman–Crippen MR) is 49.0 cm³/mol. The van der Waals surface area contributed by atoms with Gasteiger partial charge in [0.05, 0.1) is 6.54 Å². The fourth-order valence-electron chi connectivity index (χ4n) is 1.20. The van der Waals surface area contributed by atoms with Crippen molar-refractivity contribution in [2.45, 2.75) is 32.7 Å². The number of carbonyl (C=O) groups excluding carboxylic acids is 1. The fourth-order valence-corrected chi connectivity index (χ4v) is 1.20. The summed E-state index contributed by atoms with van der Waals surface area (Å²) in [5, 5.41) is 2.94. The first-order valence-electron chi connectivity index (χ1n) is 4.51. The second kappa shape index (κ2) is 3.44. The minimum Gasteiger partial charge on any atom is -0.350 e. The first-order valence-corrected chi connectivity index (χ1v) is 4.51. The molecule has 0 aromatic rings. The standard InChI is InChI=1S/C9H18N2O/c1-9(2,3)10-8(12)7-11-5-4-6-11/h4-7H2,1-3H3,(H,10,12). The van der Waals surface area contributed by atoms with Gasteiger partial charge in [-0.3, -0.25) is 9.69 Å². The molecule has 3 nitrogen and oxygen atoms in total. The van der Waals surface area contributed by atoms with E-state index in [1.54, 1.807) is 0 Å². The fraction of sp³-hybridized carbons (Fsp3) is 0.889. The molecule has 0 aliphatic carbocycles. The molecule has 1 rings (SSSR count). The summed E-state index contributed by atoms with van der Waals surface area (Å²) in [5.74, 6) is 0.141. The highest BCUT2D eigenvalue weighted by molar-refractivity contribution is 5.78. The predicted octanol–water partition coefficient (Wildman–Crippen LogP) is 0.607. The minimum atomic E-state index is -0.0953. The molecule has 0 atom stereocenters. The van der Waals surface area contributed by atoms with Gasteiger partial charge in [-0.1, -0.05) is 0 Å². The summed E-state index contributed by atoms with van der Waals surface area (Å²) in [6.07, 6.45) is 1.24. The van der Waals surface area contributed by atoms with E-state index < -0.39 is 0 Å². The summed E-state index contributed by atoms with van der Waals surface area (Å²) in [5.41, 5.74) is -0.0953. The van der Waals surface area contributed by atoms with Gasteiger partial charge in [-0.2, -0.15) is 0 Å². The van der Waals surface area contributed by atoms with Crippen LogP contribution in [0.3, 0.4) is 0 Å². The van der Waals surface area contributed by atoms with Gasteiger partial charge < -0.3 is 5.32 Å². The first kappa shape index (κ1) is 9.52. The van der Waals surface area contributed by atoms with E-state index in [4.69, 9.17) is 0 Å². The first-order chi connectivity index (χ1) is 5.47. The van der Waals surface area contributed by atoms with Crippen LogP contribution in [0.4, 0.5) is 0 Å². The van der Waals surface area contributed by atoms with Gasteiger partial charge in [-0.25, -0.2) is 0 Å². The number of carbonyl (C=O) groups is 1. The minimum absolute atomic E-state index is 0.0953. The zero-order valence-corrected chi connectivity index (χ0v) is 8.18. The van der Waals surface area contributed by atoms with E-state index in [2.05, 4.69) is 10.2 Å². The lowest BCUT2D eigenvalue weighted by Crippen LogP contribution is -2.49. The molecule has 3 heteroatoms. The van der Waals surface area contributed by atoms with Crippen LogP contribution < -0.4 is 5.32 Å². The zero-order chi connectivity index (χ0) is 9.19. The van der Waals surface area contributed by atoms with E-state index in [-0.39, 0.29) is 11.4 Å². The van der Waals surface area contributed by atoms with Crippen LogP contribution in [0.2, 0.25) is 0 Å².